The average Bonchev–Trinajstić information content (AvgIpc) is 2.02. The summed E-state index contributed by atoms with van der Waals surface area (Å²) in [5.74, 6) is 3.19. The van der Waals surface area contributed by atoms with E-state index < -0.39 is 0 Å². The Morgan fingerprint density at radius 2 is 2.08 bits per heavy atom. The van der Waals surface area contributed by atoms with Crippen molar-refractivity contribution in [1.82, 2.24) is 5.32 Å². The number of hydrogen-bond acceptors (Lipinski definition) is 2. The molecular formula is C10H21NS. The topological polar surface area (TPSA) is 12.0 Å². The molecule has 0 spiro atoms. The van der Waals surface area contributed by atoms with E-state index in [0.717, 1.165) is 18.2 Å². The molecular weight excluding hydrogens is 166 g/mol. The van der Waals surface area contributed by atoms with Gasteiger partial charge in [0, 0.05) is 11.8 Å². The summed E-state index contributed by atoms with van der Waals surface area (Å²) in [7, 11) is 0. The minimum absolute atomic E-state index is 0.485. The molecule has 1 atom stereocenters. The molecule has 2 heteroatoms. The highest BCUT2D eigenvalue weighted by Crippen LogP contribution is 2.09. The Morgan fingerprint density at radius 3 is 2.50 bits per heavy atom. The molecule has 72 valence electrons. The smallest absolute Gasteiger partial charge is 0.0338 e. The van der Waals surface area contributed by atoms with Crippen LogP contribution >= 0.6 is 11.8 Å². The third-order valence-corrected chi connectivity index (χ3v) is 3.00. The Kier molecular flexibility index (Phi) is 7.72. The van der Waals surface area contributed by atoms with Crippen LogP contribution in [0.15, 0.2) is 12.7 Å². The highest BCUT2D eigenvalue weighted by molar-refractivity contribution is 7.99. The Labute approximate surface area is 81.0 Å². The van der Waals surface area contributed by atoms with Gasteiger partial charge in [0.05, 0.1) is 0 Å². The van der Waals surface area contributed by atoms with Gasteiger partial charge in [0.25, 0.3) is 0 Å². The van der Waals surface area contributed by atoms with E-state index in [9.17, 15) is 0 Å². The van der Waals surface area contributed by atoms with Gasteiger partial charge in [-0.1, -0.05) is 26.8 Å². The summed E-state index contributed by atoms with van der Waals surface area (Å²) in [6.45, 7) is 11.5. The molecule has 1 unspecified atom stereocenters. The highest BCUT2D eigenvalue weighted by Gasteiger charge is 2.02. The Morgan fingerprint density at radius 1 is 1.42 bits per heavy atom. The SMILES string of the molecule is C=CC(CSCC(C)C)NCC. The second kappa shape index (κ2) is 7.69. The van der Waals surface area contributed by atoms with E-state index in [1.54, 1.807) is 0 Å². The van der Waals surface area contributed by atoms with Crippen molar-refractivity contribution in [2.45, 2.75) is 26.8 Å². The van der Waals surface area contributed by atoms with Gasteiger partial charge in [-0.15, -0.1) is 6.58 Å². The van der Waals surface area contributed by atoms with Crippen molar-refractivity contribution in [2.75, 3.05) is 18.1 Å². The maximum absolute atomic E-state index is 3.80. The lowest BCUT2D eigenvalue weighted by Crippen LogP contribution is -2.29. The fourth-order valence-corrected chi connectivity index (χ4v) is 2.02. The largest absolute Gasteiger partial charge is 0.310 e. The molecule has 0 rings (SSSR count). The standard InChI is InChI=1S/C10H21NS/c1-5-10(11-6-2)8-12-7-9(3)4/h5,9-11H,1,6-8H2,2-4H3. The van der Waals surface area contributed by atoms with Crippen molar-refractivity contribution in [1.29, 1.82) is 0 Å². The molecule has 0 saturated heterocycles. The van der Waals surface area contributed by atoms with Crippen LogP contribution < -0.4 is 5.32 Å². The van der Waals surface area contributed by atoms with Crippen LogP contribution in [-0.2, 0) is 0 Å². The van der Waals surface area contributed by atoms with Crippen molar-refractivity contribution in [3.05, 3.63) is 12.7 Å². The van der Waals surface area contributed by atoms with Gasteiger partial charge in [-0.2, -0.15) is 11.8 Å². The summed E-state index contributed by atoms with van der Waals surface area (Å²) in [4.78, 5) is 0. The van der Waals surface area contributed by atoms with Crippen molar-refractivity contribution in [2.24, 2.45) is 5.92 Å². The number of likely N-dealkylation sites (N-methyl/N-ethyl adjacent to an activating group) is 1. The van der Waals surface area contributed by atoms with Gasteiger partial charge in [-0.3, -0.25) is 0 Å². The first-order valence-electron chi connectivity index (χ1n) is 4.64. The fourth-order valence-electron chi connectivity index (χ4n) is 0.903. The first-order chi connectivity index (χ1) is 5.70. The van der Waals surface area contributed by atoms with Crippen LogP contribution in [0.4, 0.5) is 0 Å². The molecule has 1 N–H and O–H groups in total. The van der Waals surface area contributed by atoms with Gasteiger partial charge in [-0.05, 0) is 18.2 Å². The summed E-state index contributed by atoms with van der Waals surface area (Å²) in [5, 5.41) is 3.37. The summed E-state index contributed by atoms with van der Waals surface area (Å²) in [5.41, 5.74) is 0. The van der Waals surface area contributed by atoms with E-state index in [-0.39, 0.29) is 0 Å². The van der Waals surface area contributed by atoms with Gasteiger partial charge in [0.15, 0.2) is 0 Å². The summed E-state index contributed by atoms with van der Waals surface area (Å²) >= 11 is 2.00. The van der Waals surface area contributed by atoms with Gasteiger partial charge < -0.3 is 5.32 Å². The predicted octanol–water partition coefficient (Wildman–Crippen LogP) is 2.54. The zero-order chi connectivity index (χ0) is 9.40. The molecule has 0 aromatic heterocycles. The summed E-state index contributed by atoms with van der Waals surface area (Å²) in [6, 6.07) is 0.485. The molecule has 0 bridgehead atoms. The molecule has 0 aliphatic heterocycles. The Hall–Kier alpha value is 0.0500. The van der Waals surface area contributed by atoms with Crippen molar-refractivity contribution in [3.8, 4) is 0 Å². The lowest BCUT2D eigenvalue weighted by molar-refractivity contribution is 0.667. The summed E-state index contributed by atoms with van der Waals surface area (Å²) < 4.78 is 0. The number of thioether (sulfide) groups is 1. The van der Waals surface area contributed by atoms with Crippen LogP contribution in [0.3, 0.4) is 0 Å². The maximum atomic E-state index is 3.80. The van der Waals surface area contributed by atoms with Crippen LogP contribution in [-0.4, -0.2) is 24.1 Å². The van der Waals surface area contributed by atoms with Gasteiger partial charge >= 0.3 is 0 Å². The Bertz CT molecular complexity index is 112. The molecule has 0 radical (unpaired) electrons. The van der Waals surface area contributed by atoms with Crippen molar-refractivity contribution >= 4 is 11.8 Å². The minimum atomic E-state index is 0.485. The van der Waals surface area contributed by atoms with Crippen LogP contribution in [0, 0.1) is 5.92 Å². The molecule has 12 heavy (non-hydrogen) atoms. The zero-order valence-electron chi connectivity index (χ0n) is 8.47. The van der Waals surface area contributed by atoms with Gasteiger partial charge in [0.2, 0.25) is 0 Å². The molecule has 0 aliphatic rings. The van der Waals surface area contributed by atoms with Crippen LogP contribution in [0.5, 0.6) is 0 Å². The predicted molar refractivity (Wildman–Crippen MR) is 59.8 cm³/mol. The van der Waals surface area contributed by atoms with E-state index in [0.29, 0.717) is 6.04 Å². The Balaban J connectivity index is 3.37. The van der Waals surface area contributed by atoms with Crippen LogP contribution in [0.1, 0.15) is 20.8 Å². The second-order valence-electron chi connectivity index (χ2n) is 3.33. The van der Waals surface area contributed by atoms with E-state index in [1.807, 2.05) is 17.8 Å². The van der Waals surface area contributed by atoms with Crippen LogP contribution in [0.2, 0.25) is 0 Å². The molecule has 1 nitrogen and oxygen atoms in total. The van der Waals surface area contributed by atoms with E-state index in [2.05, 4.69) is 32.7 Å². The summed E-state index contributed by atoms with van der Waals surface area (Å²) in [6.07, 6.45) is 2.00. The number of hydrogen-bond donors (Lipinski definition) is 1. The number of nitrogens with one attached hydrogen (secondary N) is 1. The first kappa shape index (κ1) is 12.0. The maximum Gasteiger partial charge on any atom is 0.0338 e. The zero-order valence-corrected chi connectivity index (χ0v) is 9.29. The van der Waals surface area contributed by atoms with Gasteiger partial charge in [-0.25, -0.2) is 0 Å². The van der Waals surface area contributed by atoms with E-state index in [4.69, 9.17) is 0 Å². The fraction of sp³-hybridized carbons (Fsp3) is 0.800. The molecule has 0 saturated carbocycles. The third-order valence-electron chi connectivity index (χ3n) is 1.50. The molecule has 0 aromatic carbocycles. The average molecular weight is 187 g/mol. The third kappa shape index (κ3) is 6.74. The van der Waals surface area contributed by atoms with E-state index >= 15 is 0 Å². The first-order valence-corrected chi connectivity index (χ1v) is 5.79. The molecule has 0 amide bonds. The molecule has 0 heterocycles. The minimum Gasteiger partial charge on any atom is -0.310 e. The quantitative estimate of drug-likeness (QED) is 0.615. The van der Waals surface area contributed by atoms with E-state index in [1.165, 1.54) is 5.75 Å². The van der Waals surface area contributed by atoms with Crippen molar-refractivity contribution in [3.63, 3.8) is 0 Å². The molecule has 0 aromatic rings. The monoisotopic (exact) mass is 187 g/mol. The lowest BCUT2D eigenvalue weighted by atomic mass is 10.3. The highest BCUT2D eigenvalue weighted by atomic mass is 32.2. The lowest BCUT2D eigenvalue weighted by Gasteiger charge is -2.13. The van der Waals surface area contributed by atoms with Crippen molar-refractivity contribution < 1.29 is 0 Å². The number of rotatable bonds is 7. The molecule has 0 fully saturated rings. The normalized spacial score (nSPS) is 13.3. The second-order valence-corrected chi connectivity index (χ2v) is 4.41. The van der Waals surface area contributed by atoms with Gasteiger partial charge in [0.1, 0.15) is 0 Å². The van der Waals surface area contributed by atoms with Crippen LogP contribution in [0.25, 0.3) is 0 Å². The molecule has 0 aliphatic carbocycles.